The summed E-state index contributed by atoms with van der Waals surface area (Å²) in [7, 11) is 1.90. The second-order valence-corrected chi connectivity index (χ2v) is 6.10. The number of anilines is 1. The van der Waals surface area contributed by atoms with Gasteiger partial charge in [-0.1, -0.05) is 18.5 Å². The number of nitrogens with two attached hydrogens (primary N) is 1. The van der Waals surface area contributed by atoms with Crippen molar-refractivity contribution in [2.45, 2.75) is 13.3 Å². The fraction of sp³-hybridized carbons (Fsp3) is 0.231. The predicted molar refractivity (Wildman–Crippen MR) is 89.4 cm³/mol. The van der Waals surface area contributed by atoms with Gasteiger partial charge in [0.25, 0.3) is 0 Å². The van der Waals surface area contributed by atoms with E-state index in [2.05, 4.69) is 39.6 Å². The number of hydrogen-bond donors (Lipinski definition) is 1. The van der Waals surface area contributed by atoms with Gasteiger partial charge in [0, 0.05) is 15.6 Å². The van der Waals surface area contributed by atoms with Gasteiger partial charge in [0.1, 0.15) is 5.52 Å². The SMILES string of the molecule is CCc1nn(C)c2c1nc(N)n2-c1ccc(Cl)cc1I. The Labute approximate surface area is 134 Å². The van der Waals surface area contributed by atoms with Crippen LogP contribution in [0, 0.1) is 3.57 Å². The molecule has 20 heavy (non-hydrogen) atoms. The second-order valence-electron chi connectivity index (χ2n) is 4.50. The zero-order valence-electron chi connectivity index (χ0n) is 11.1. The highest BCUT2D eigenvalue weighted by atomic mass is 127. The quantitative estimate of drug-likeness (QED) is 0.671. The Hall–Kier alpha value is -1.28. The molecule has 5 nitrogen and oxygen atoms in total. The van der Waals surface area contributed by atoms with Gasteiger partial charge >= 0.3 is 0 Å². The molecule has 0 radical (unpaired) electrons. The Kier molecular flexibility index (Phi) is 3.37. The summed E-state index contributed by atoms with van der Waals surface area (Å²) in [6, 6.07) is 5.70. The number of halogens is 2. The molecule has 3 aromatic rings. The molecule has 2 heterocycles. The average Bonchev–Trinajstić information content (AvgIpc) is 2.87. The van der Waals surface area contributed by atoms with Crippen molar-refractivity contribution >= 4 is 51.3 Å². The summed E-state index contributed by atoms with van der Waals surface area (Å²) < 4.78 is 4.75. The minimum Gasteiger partial charge on any atom is -0.369 e. The zero-order chi connectivity index (χ0) is 14.4. The molecule has 0 fully saturated rings. The van der Waals surface area contributed by atoms with Crippen LogP contribution < -0.4 is 5.73 Å². The van der Waals surface area contributed by atoms with E-state index in [1.54, 1.807) is 0 Å². The van der Waals surface area contributed by atoms with E-state index in [1.807, 2.05) is 34.5 Å². The van der Waals surface area contributed by atoms with Crippen LogP contribution in [0.25, 0.3) is 16.9 Å². The molecule has 0 atom stereocenters. The highest BCUT2D eigenvalue weighted by Gasteiger charge is 2.19. The largest absolute Gasteiger partial charge is 0.369 e. The molecular weight excluding hydrogens is 389 g/mol. The van der Waals surface area contributed by atoms with Crippen LogP contribution in [0.1, 0.15) is 12.6 Å². The molecule has 0 spiro atoms. The summed E-state index contributed by atoms with van der Waals surface area (Å²) in [6.45, 7) is 2.06. The number of fused-ring (bicyclic) bond motifs is 1. The maximum absolute atomic E-state index is 6.10. The standard InChI is InChI=1S/C13H13ClIN5/c1-3-9-11-12(19(2)18-9)20(13(16)17-11)10-5-4-7(14)6-8(10)15/h4-6H,3H2,1-2H3,(H2,16,17). The van der Waals surface area contributed by atoms with Gasteiger partial charge in [0.2, 0.25) is 5.95 Å². The first-order chi connectivity index (χ1) is 9.52. The monoisotopic (exact) mass is 401 g/mol. The van der Waals surface area contributed by atoms with E-state index in [9.17, 15) is 0 Å². The van der Waals surface area contributed by atoms with Gasteiger partial charge < -0.3 is 5.73 Å². The topological polar surface area (TPSA) is 61.7 Å². The minimum absolute atomic E-state index is 0.461. The van der Waals surface area contributed by atoms with Crippen molar-refractivity contribution in [2.75, 3.05) is 5.73 Å². The fourth-order valence-corrected chi connectivity index (χ4v) is 3.45. The van der Waals surface area contributed by atoms with Gasteiger partial charge in [-0.15, -0.1) is 0 Å². The number of imidazole rings is 1. The first kappa shape index (κ1) is 13.7. The summed E-state index contributed by atoms with van der Waals surface area (Å²) in [5, 5.41) is 5.19. The maximum atomic E-state index is 6.10. The second kappa shape index (κ2) is 4.92. The molecule has 0 bridgehead atoms. The van der Waals surface area contributed by atoms with Crippen LogP contribution in [-0.2, 0) is 13.5 Å². The number of hydrogen-bond acceptors (Lipinski definition) is 3. The van der Waals surface area contributed by atoms with Crippen LogP contribution in [-0.4, -0.2) is 19.3 Å². The normalized spacial score (nSPS) is 11.4. The molecule has 0 aliphatic carbocycles. The molecule has 0 unspecified atom stereocenters. The van der Waals surface area contributed by atoms with Crippen molar-refractivity contribution in [2.24, 2.45) is 7.05 Å². The van der Waals surface area contributed by atoms with Crippen molar-refractivity contribution in [3.05, 3.63) is 32.5 Å². The molecule has 0 aliphatic rings. The zero-order valence-corrected chi connectivity index (χ0v) is 14.0. The molecule has 2 N–H and O–H groups in total. The third-order valence-corrected chi connectivity index (χ3v) is 4.31. The van der Waals surface area contributed by atoms with E-state index >= 15 is 0 Å². The number of rotatable bonds is 2. The lowest BCUT2D eigenvalue weighted by molar-refractivity contribution is 0.751. The van der Waals surface area contributed by atoms with Gasteiger partial charge in [-0.2, -0.15) is 5.10 Å². The molecule has 0 saturated heterocycles. The highest BCUT2D eigenvalue weighted by Crippen LogP contribution is 2.29. The molecule has 104 valence electrons. The summed E-state index contributed by atoms with van der Waals surface area (Å²) >= 11 is 8.26. The summed E-state index contributed by atoms with van der Waals surface area (Å²) in [6.07, 6.45) is 0.825. The van der Waals surface area contributed by atoms with E-state index in [-0.39, 0.29) is 0 Å². The molecule has 2 aromatic heterocycles. The van der Waals surface area contributed by atoms with Crippen LogP contribution in [0.15, 0.2) is 18.2 Å². The Bertz CT molecular complexity index is 805. The Balaban J connectivity index is 2.36. The van der Waals surface area contributed by atoms with Crippen LogP contribution in [0.5, 0.6) is 0 Å². The summed E-state index contributed by atoms with van der Waals surface area (Å²) in [4.78, 5) is 4.47. The molecule has 3 rings (SSSR count). The summed E-state index contributed by atoms with van der Waals surface area (Å²) in [5.41, 5.74) is 9.78. The van der Waals surface area contributed by atoms with E-state index in [4.69, 9.17) is 17.3 Å². The highest BCUT2D eigenvalue weighted by molar-refractivity contribution is 14.1. The average molecular weight is 402 g/mol. The van der Waals surface area contributed by atoms with Crippen molar-refractivity contribution in [1.29, 1.82) is 0 Å². The van der Waals surface area contributed by atoms with E-state index < -0.39 is 0 Å². The van der Waals surface area contributed by atoms with Crippen LogP contribution in [0.4, 0.5) is 5.95 Å². The Morgan fingerprint density at radius 1 is 1.40 bits per heavy atom. The lowest BCUT2D eigenvalue weighted by Gasteiger charge is -2.09. The predicted octanol–water partition coefficient (Wildman–Crippen LogP) is 3.16. The lowest BCUT2D eigenvalue weighted by Crippen LogP contribution is -2.06. The minimum atomic E-state index is 0.461. The van der Waals surface area contributed by atoms with Crippen LogP contribution in [0.3, 0.4) is 0 Å². The van der Waals surface area contributed by atoms with Gasteiger partial charge in [-0.05, 0) is 47.2 Å². The Morgan fingerprint density at radius 3 is 2.80 bits per heavy atom. The summed E-state index contributed by atoms with van der Waals surface area (Å²) in [5.74, 6) is 0.461. The first-order valence-corrected chi connectivity index (χ1v) is 7.63. The number of nitrogens with zero attached hydrogens (tertiary/aromatic N) is 4. The fourth-order valence-electron chi connectivity index (χ4n) is 2.33. The third kappa shape index (κ3) is 1.98. The molecule has 0 amide bonds. The van der Waals surface area contributed by atoms with Gasteiger partial charge in [0.05, 0.1) is 11.4 Å². The van der Waals surface area contributed by atoms with E-state index in [0.29, 0.717) is 11.0 Å². The smallest absolute Gasteiger partial charge is 0.207 e. The van der Waals surface area contributed by atoms with E-state index in [0.717, 1.165) is 32.5 Å². The molecule has 7 heteroatoms. The van der Waals surface area contributed by atoms with Crippen LogP contribution >= 0.6 is 34.2 Å². The molecule has 0 saturated carbocycles. The van der Waals surface area contributed by atoms with Crippen molar-refractivity contribution in [1.82, 2.24) is 19.3 Å². The molecule has 1 aromatic carbocycles. The maximum Gasteiger partial charge on any atom is 0.207 e. The number of aryl methyl sites for hydroxylation is 2. The van der Waals surface area contributed by atoms with Crippen molar-refractivity contribution in [3.63, 3.8) is 0 Å². The molecule has 0 aliphatic heterocycles. The van der Waals surface area contributed by atoms with E-state index in [1.165, 1.54) is 0 Å². The third-order valence-electron chi connectivity index (χ3n) is 3.22. The number of aromatic nitrogens is 4. The van der Waals surface area contributed by atoms with Crippen LogP contribution in [0.2, 0.25) is 5.02 Å². The van der Waals surface area contributed by atoms with Crippen molar-refractivity contribution < 1.29 is 0 Å². The Morgan fingerprint density at radius 2 is 2.15 bits per heavy atom. The first-order valence-electron chi connectivity index (χ1n) is 6.18. The number of nitrogen functional groups attached to an aromatic ring is 1. The lowest BCUT2D eigenvalue weighted by atomic mass is 10.3. The van der Waals surface area contributed by atoms with Gasteiger partial charge in [-0.3, -0.25) is 4.57 Å². The number of benzene rings is 1. The van der Waals surface area contributed by atoms with Gasteiger partial charge in [-0.25, -0.2) is 9.67 Å². The van der Waals surface area contributed by atoms with Crippen molar-refractivity contribution in [3.8, 4) is 5.69 Å². The van der Waals surface area contributed by atoms with Gasteiger partial charge in [0.15, 0.2) is 5.65 Å². The molecular formula is C13H13ClIN5.